The summed E-state index contributed by atoms with van der Waals surface area (Å²) < 4.78 is 21.5. The fraction of sp³-hybridized carbons (Fsp3) is 0.231. The number of nitrogens with zero attached hydrogens (tertiary/aromatic N) is 1. The van der Waals surface area contributed by atoms with E-state index in [-0.39, 0.29) is 12.2 Å². The van der Waals surface area contributed by atoms with Crippen LogP contribution in [0.1, 0.15) is 13.8 Å². The summed E-state index contributed by atoms with van der Waals surface area (Å²) in [5.74, 6) is 0. The maximum absolute atomic E-state index is 6.65. The van der Waals surface area contributed by atoms with Gasteiger partial charge in [-0.3, -0.25) is 0 Å². The number of fused-ring (bicyclic) bond motifs is 7. The Labute approximate surface area is 181 Å². The molecule has 4 aromatic carbocycles. The molecule has 0 aliphatic carbocycles. The van der Waals surface area contributed by atoms with Gasteiger partial charge in [0.1, 0.15) is 11.2 Å². The molecular weight excluding hydrogens is 405 g/mol. The highest BCUT2D eigenvalue weighted by molar-refractivity contribution is 7.39. The number of hydrogen-bond acceptors (Lipinski definition) is 4. The van der Waals surface area contributed by atoms with Crippen LogP contribution < -0.4 is 4.67 Å². The number of morpholine rings is 1. The van der Waals surface area contributed by atoms with Gasteiger partial charge in [0, 0.05) is 23.9 Å². The second kappa shape index (κ2) is 7.42. The summed E-state index contributed by atoms with van der Waals surface area (Å²) in [5, 5.41) is 6.99. The SMILES string of the molecule is C[C@@H]1CN(p2oc3ccc4ccccc4c3c3c(ccc4ccccc43)o2)C[C@H](C)O1. The van der Waals surface area contributed by atoms with Gasteiger partial charge in [-0.1, -0.05) is 60.7 Å². The molecule has 0 bridgehead atoms. The van der Waals surface area contributed by atoms with Gasteiger partial charge in [-0.15, -0.1) is 0 Å². The van der Waals surface area contributed by atoms with E-state index >= 15 is 0 Å². The van der Waals surface area contributed by atoms with Crippen LogP contribution in [0.2, 0.25) is 0 Å². The van der Waals surface area contributed by atoms with E-state index in [1.165, 1.54) is 21.5 Å². The van der Waals surface area contributed by atoms with Crippen molar-refractivity contribution < 1.29 is 13.1 Å². The number of ether oxygens (including phenoxy) is 1. The van der Waals surface area contributed by atoms with Gasteiger partial charge < -0.3 is 13.1 Å². The van der Waals surface area contributed by atoms with Gasteiger partial charge >= 0.3 is 8.16 Å². The van der Waals surface area contributed by atoms with Crippen LogP contribution in [0.3, 0.4) is 0 Å². The Morgan fingerprint density at radius 2 is 1.16 bits per heavy atom. The maximum atomic E-state index is 6.65. The van der Waals surface area contributed by atoms with Gasteiger partial charge in [0.2, 0.25) is 0 Å². The Bertz CT molecular complexity index is 1370. The van der Waals surface area contributed by atoms with E-state index in [0.29, 0.717) is 0 Å². The van der Waals surface area contributed by atoms with Gasteiger partial charge in [-0.2, -0.15) is 4.67 Å². The van der Waals surface area contributed by atoms with E-state index < -0.39 is 8.16 Å². The van der Waals surface area contributed by atoms with Crippen molar-refractivity contribution in [2.75, 3.05) is 17.8 Å². The van der Waals surface area contributed by atoms with Crippen LogP contribution in [0.4, 0.5) is 0 Å². The molecule has 5 heteroatoms. The molecule has 1 saturated heterocycles. The second-order valence-corrected chi connectivity index (χ2v) is 9.78. The van der Waals surface area contributed by atoms with Gasteiger partial charge in [0.25, 0.3) is 0 Å². The number of benzene rings is 4. The van der Waals surface area contributed by atoms with E-state index in [1.807, 2.05) is 0 Å². The summed E-state index contributed by atoms with van der Waals surface area (Å²) >= 11 is 0. The molecule has 0 saturated carbocycles. The van der Waals surface area contributed by atoms with Gasteiger partial charge in [-0.25, -0.2) is 0 Å². The zero-order valence-electron chi connectivity index (χ0n) is 17.6. The van der Waals surface area contributed by atoms with E-state index in [0.717, 1.165) is 35.0 Å². The molecule has 0 spiro atoms. The predicted molar refractivity (Wildman–Crippen MR) is 129 cm³/mol. The fourth-order valence-electron chi connectivity index (χ4n) is 4.76. The van der Waals surface area contributed by atoms with Gasteiger partial charge in [0.05, 0.1) is 12.2 Å². The van der Waals surface area contributed by atoms with E-state index in [2.05, 4.69) is 91.3 Å². The van der Waals surface area contributed by atoms with Crippen LogP contribution in [0.25, 0.3) is 43.5 Å². The molecule has 4 nitrogen and oxygen atoms in total. The molecule has 1 aliphatic heterocycles. The molecule has 2 heterocycles. The Hall–Kier alpha value is -2.78. The molecule has 0 amide bonds. The lowest BCUT2D eigenvalue weighted by Crippen LogP contribution is -2.44. The molecule has 0 radical (unpaired) electrons. The van der Waals surface area contributed by atoms with Crippen molar-refractivity contribution in [1.29, 1.82) is 0 Å². The zero-order chi connectivity index (χ0) is 20.9. The van der Waals surface area contributed by atoms with Crippen LogP contribution in [-0.4, -0.2) is 25.3 Å². The molecule has 31 heavy (non-hydrogen) atoms. The van der Waals surface area contributed by atoms with Crippen molar-refractivity contribution in [1.82, 2.24) is 0 Å². The molecule has 6 rings (SSSR count). The van der Waals surface area contributed by atoms with Crippen LogP contribution in [0, 0.1) is 0 Å². The van der Waals surface area contributed by atoms with Crippen molar-refractivity contribution in [3.8, 4) is 0 Å². The lowest BCUT2D eigenvalue weighted by Gasteiger charge is -2.32. The minimum Gasteiger partial charge on any atom is -0.408 e. The lowest BCUT2D eigenvalue weighted by molar-refractivity contribution is -0.00309. The quantitative estimate of drug-likeness (QED) is 0.279. The molecule has 0 unspecified atom stereocenters. The Morgan fingerprint density at radius 1 is 0.677 bits per heavy atom. The smallest absolute Gasteiger partial charge is 0.309 e. The highest BCUT2D eigenvalue weighted by atomic mass is 31.1. The third-order valence-electron chi connectivity index (χ3n) is 6.02. The van der Waals surface area contributed by atoms with E-state index in [9.17, 15) is 0 Å². The zero-order valence-corrected chi connectivity index (χ0v) is 18.5. The topological polar surface area (TPSA) is 38.8 Å². The first kappa shape index (κ1) is 18.9. The third-order valence-corrected chi connectivity index (χ3v) is 7.51. The molecule has 156 valence electrons. The first-order chi connectivity index (χ1) is 15.2. The molecule has 1 fully saturated rings. The second-order valence-electron chi connectivity index (χ2n) is 8.37. The monoisotopic (exact) mass is 429 g/mol. The summed E-state index contributed by atoms with van der Waals surface area (Å²) in [7, 11) is -1.30. The Morgan fingerprint density at radius 3 is 1.68 bits per heavy atom. The van der Waals surface area contributed by atoms with Crippen molar-refractivity contribution >= 4 is 51.6 Å². The predicted octanol–water partition coefficient (Wildman–Crippen LogP) is 7.34. The average Bonchev–Trinajstić information content (AvgIpc) is 2.95. The fourth-order valence-corrected chi connectivity index (χ4v) is 6.39. The van der Waals surface area contributed by atoms with Crippen molar-refractivity contribution in [3.05, 3.63) is 72.8 Å². The highest BCUT2D eigenvalue weighted by Gasteiger charge is 2.27. The number of rotatable bonds is 1. The van der Waals surface area contributed by atoms with E-state index in [1.54, 1.807) is 0 Å². The summed E-state index contributed by atoms with van der Waals surface area (Å²) in [5.41, 5.74) is 1.76. The summed E-state index contributed by atoms with van der Waals surface area (Å²) in [6.45, 7) is 5.81. The summed E-state index contributed by atoms with van der Waals surface area (Å²) in [6.07, 6.45) is 0.294. The molecule has 2 atom stereocenters. The van der Waals surface area contributed by atoms with Crippen molar-refractivity contribution in [3.63, 3.8) is 0 Å². The normalized spacial score (nSPS) is 20.1. The third kappa shape index (κ3) is 3.23. The molecule has 1 aromatic heterocycles. The highest BCUT2D eigenvalue weighted by Crippen LogP contribution is 2.42. The largest absolute Gasteiger partial charge is 0.408 e. The Kier molecular flexibility index (Phi) is 4.53. The lowest BCUT2D eigenvalue weighted by atomic mass is 9.99. The standard InChI is InChI=1S/C26H24NO3P/c1-17-15-27(16-18(2)28-17)31-29-23-13-11-19-7-3-5-9-21(19)25(23)26-22-10-6-4-8-20(22)12-14-24(26)30-31/h3-14,17-18H,15-16H2,1-2H3/t17-,18+. The summed E-state index contributed by atoms with van der Waals surface area (Å²) in [4.78, 5) is 0. The molecule has 1 aliphatic rings. The first-order valence-electron chi connectivity index (χ1n) is 10.8. The number of hydrogen-bond donors (Lipinski definition) is 0. The van der Waals surface area contributed by atoms with Gasteiger partial charge in [0.15, 0.2) is 0 Å². The molecule has 0 N–H and O–H groups in total. The average molecular weight is 429 g/mol. The molecular formula is C26H24NO3P. The Balaban J connectivity index is 1.78. The summed E-state index contributed by atoms with van der Waals surface area (Å²) in [6, 6.07) is 25.5. The van der Waals surface area contributed by atoms with Gasteiger partial charge in [-0.05, 0) is 47.5 Å². The van der Waals surface area contributed by atoms with E-state index in [4.69, 9.17) is 13.1 Å². The van der Waals surface area contributed by atoms with Crippen molar-refractivity contribution in [2.45, 2.75) is 26.1 Å². The molecule has 5 aromatic rings. The van der Waals surface area contributed by atoms with Crippen molar-refractivity contribution in [2.24, 2.45) is 0 Å². The minimum absolute atomic E-state index is 0.147. The van der Waals surface area contributed by atoms with Crippen LogP contribution in [0.15, 0.2) is 81.2 Å². The van der Waals surface area contributed by atoms with Crippen LogP contribution in [0.5, 0.6) is 0 Å². The van der Waals surface area contributed by atoms with Crippen LogP contribution >= 0.6 is 8.16 Å². The van der Waals surface area contributed by atoms with Crippen LogP contribution in [-0.2, 0) is 4.74 Å². The minimum atomic E-state index is -1.30. The first-order valence-corrected chi connectivity index (χ1v) is 11.9. The maximum Gasteiger partial charge on any atom is 0.309 e.